The molecular formula is C19H23BrN2O2. The van der Waals surface area contributed by atoms with Crippen molar-refractivity contribution in [1.82, 2.24) is 10.6 Å². The molecule has 0 aliphatic carbocycles. The number of aryl methyl sites for hydroxylation is 1. The Morgan fingerprint density at radius 3 is 2.54 bits per heavy atom. The lowest BCUT2D eigenvalue weighted by molar-refractivity contribution is 0.224. The zero-order valence-corrected chi connectivity index (χ0v) is 15.4. The molecule has 128 valence electrons. The Morgan fingerprint density at radius 2 is 1.83 bits per heavy atom. The Labute approximate surface area is 151 Å². The maximum Gasteiger partial charge on any atom is 0.317 e. The lowest BCUT2D eigenvalue weighted by atomic mass is 10.1. The van der Waals surface area contributed by atoms with Crippen molar-refractivity contribution in [3.8, 4) is 5.75 Å². The predicted octanol–water partition coefficient (Wildman–Crippen LogP) is 4.28. The molecule has 0 spiro atoms. The summed E-state index contributed by atoms with van der Waals surface area (Å²) < 4.78 is 6.56. The van der Waals surface area contributed by atoms with Crippen LogP contribution < -0.4 is 15.4 Å². The zero-order chi connectivity index (χ0) is 17.2. The first kappa shape index (κ1) is 18.3. The highest BCUT2D eigenvalue weighted by Crippen LogP contribution is 2.13. The fraction of sp³-hybridized carbons (Fsp3) is 0.316. The summed E-state index contributed by atoms with van der Waals surface area (Å²) in [5.74, 6) is 0.754. The van der Waals surface area contributed by atoms with Gasteiger partial charge in [-0.3, -0.25) is 0 Å². The van der Waals surface area contributed by atoms with Crippen LogP contribution in [0.2, 0.25) is 0 Å². The molecule has 0 saturated heterocycles. The number of hydrogen-bond acceptors (Lipinski definition) is 2. The first-order valence-corrected chi connectivity index (χ1v) is 8.94. The summed E-state index contributed by atoms with van der Waals surface area (Å²) in [4.78, 5) is 11.7. The molecular weight excluding hydrogens is 368 g/mol. The van der Waals surface area contributed by atoms with Gasteiger partial charge >= 0.3 is 6.03 Å². The number of halogens is 1. The fourth-order valence-electron chi connectivity index (χ4n) is 2.30. The van der Waals surface area contributed by atoms with Crippen LogP contribution in [0.4, 0.5) is 4.79 Å². The van der Waals surface area contributed by atoms with Gasteiger partial charge in [0.25, 0.3) is 0 Å². The summed E-state index contributed by atoms with van der Waals surface area (Å²) in [6, 6.07) is 15.8. The van der Waals surface area contributed by atoms with Crippen molar-refractivity contribution in [3.05, 3.63) is 64.1 Å². The number of nitrogens with one attached hydrogen (secondary N) is 2. The Hall–Kier alpha value is -2.01. The SMILES string of the molecule is CCCc1ccc(OCNC(=O)NCCc2cccc(Br)c2)cc1. The summed E-state index contributed by atoms with van der Waals surface area (Å²) in [5.41, 5.74) is 2.47. The minimum atomic E-state index is -0.229. The van der Waals surface area contributed by atoms with E-state index in [4.69, 9.17) is 4.74 Å². The molecule has 2 aromatic rings. The van der Waals surface area contributed by atoms with Crippen molar-refractivity contribution in [3.63, 3.8) is 0 Å². The molecule has 2 amide bonds. The predicted molar refractivity (Wildman–Crippen MR) is 100 cm³/mol. The van der Waals surface area contributed by atoms with Crippen LogP contribution in [-0.2, 0) is 12.8 Å². The van der Waals surface area contributed by atoms with Crippen molar-refractivity contribution in [1.29, 1.82) is 0 Å². The maximum absolute atomic E-state index is 11.7. The van der Waals surface area contributed by atoms with Crippen LogP contribution in [0.1, 0.15) is 24.5 Å². The number of carbonyl (C=O) groups is 1. The Balaban J connectivity index is 1.62. The number of rotatable bonds is 8. The van der Waals surface area contributed by atoms with E-state index in [0.29, 0.717) is 6.54 Å². The van der Waals surface area contributed by atoms with Gasteiger partial charge in [0.1, 0.15) is 5.75 Å². The zero-order valence-electron chi connectivity index (χ0n) is 13.8. The van der Waals surface area contributed by atoms with Gasteiger partial charge in [-0.05, 0) is 48.2 Å². The van der Waals surface area contributed by atoms with E-state index in [1.807, 2.05) is 36.4 Å². The van der Waals surface area contributed by atoms with Gasteiger partial charge in [0.15, 0.2) is 6.73 Å². The molecule has 0 aromatic heterocycles. The fourth-order valence-corrected chi connectivity index (χ4v) is 2.75. The molecule has 0 saturated carbocycles. The van der Waals surface area contributed by atoms with Crippen LogP contribution in [0, 0.1) is 0 Å². The lowest BCUT2D eigenvalue weighted by Crippen LogP contribution is -2.38. The summed E-state index contributed by atoms with van der Waals surface area (Å²) in [5, 5.41) is 5.50. The maximum atomic E-state index is 11.7. The minimum absolute atomic E-state index is 0.149. The molecule has 5 heteroatoms. The van der Waals surface area contributed by atoms with Gasteiger partial charge in [0, 0.05) is 11.0 Å². The van der Waals surface area contributed by atoms with Crippen LogP contribution >= 0.6 is 15.9 Å². The Kier molecular flexibility index (Phi) is 7.62. The van der Waals surface area contributed by atoms with Crippen molar-refractivity contribution < 1.29 is 9.53 Å². The highest BCUT2D eigenvalue weighted by Gasteiger charge is 2.01. The second-order valence-corrected chi connectivity index (χ2v) is 6.41. The van der Waals surface area contributed by atoms with Crippen LogP contribution in [0.25, 0.3) is 0 Å². The number of ether oxygens (including phenoxy) is 1. The van der Waals surface area contributed by atoms with E-state index < -0.39 is 0 Å². The van der Waals surface area contributed by atoms with Gasteiger partial charge in [-0.15, -0.1) is 0 Å². The molecule has 2 aromatic carbocycles. The van der Waals surface area contributed by atoms with Crippen LogP contribution in [0.5, 0.6) is 5.75 Å². The van der Waals surface area contributed by atoms with Crippen molar-refractivity contribution in [2.24, 2.45) is 0 Å². The smallest absolute Gasteiger partial charge is 0.317 e. The van der Waals surface area contributed by atoms with Gasteiger partial charge in [0.2, 0.25) is 0 Å². The third-order valence-electron chi connectivity index (χ3n) is 3.52. The Morgan fingerprint density at radius 1 is 1.04 bits per heavy atom. The lowest BCUT2D eigenvalue weighted by Gasteiger charge is -2.10. The average Bonchev–Trinajstić information content (AvgIpc) is 2.57. The quantitative estimate of drug-likeness (QED) is 0.660. The minimum Gasteiger partial charge on any atom is -0.473 e. The second kappa shape index (κ2) is 9.98. The monoisotopic (exact) mass is 390 g/mol. The molecule has 2 rings (SSSR count). The molecule has 24 heavy (non-hydrogen) atoms. The van der Waals surface area contributed by atoms with E-state index in [1.165, 1.54) is 11.1 Å². The van der Waals surface area contributed by atoms with Crippen molar-refractivity contribution in [2.75, 3.05) is 13.3 Å². The van der Waals surface area contributed by atoms with Gasteiger partial charge < -0.3 is 15.4 Å². The Bertz CT molecular complexity index is 644. The molecule has 0 fully saturated rings. The second-order valence-electron chi connectivity index (χ2n) is 5.50. The molecule has 0 unspecified atom stereocenters. The van der Waals surface area contributed by atoms with Gasteiger partial charge in [0.05, 0.1) is 0 Å². The summed E-state index contributed by atoms with van der Waals surface area (Å²) >= 11 is 3.44. The van der Waals surface area contributed by atoms with Gasteiger partial charge in [-0.1, -0.05) is 53.5 Å². The van der Waals surface area contributed by atoms with Crippen LogP contribution in [-0.4, -0.2) is 19.3 Å². The number of urea groups is 1. The normalized spacial score (nSPS) is 10.2. The molecule has 0 radical (unpaired) electrons. The number of amides is 2. The third kappa shape index (κ3) is 6.62. The van der Waals surface area contributed by atoms with Crippen LogP contribution in [0.3, 0.4) is 0 Å². The van der Waals surface area contributed by atoms with Crippen molar-refractivity contribution in [2.45, 2.75) is 26.2 Å². The topological polar surface area (TPSA) is 50.4 Å². The summed E-state index contributed by atoms with van der Waals surface area (Å²) in [6.45, 7) is 2.88. The molecule has 0 atom stereocenters. The van der Waals surface area contributed by atoms with E-state index in [2.05, 4.69) is 45.6 Å². The van der Waals surface area contributed by atoms with E-state index in [1.54, 1.807) is 0 Å². The molecule has 0 aliphatic rings. The summed E-state index contributed by atoms with van der Waals surface area (Å²) in [7, 11) is 0. The van der Waals surface area contributed by atoms with E-state index in [9.17, 15) is 4.79 Å². The molecule has 0 heterocycles. The largest absolute Gasteiger partial charge is 0.473 e. The number of hydrogen-bond donors (Lipinski definition) is 2. The summed E-state index contributed by atoms with van der Waals surface area (Å²) in [6.07, 6.45) is 2.98. The highest BCUT2D eigenvalue weighted by atomic mass is 79.9. The molecule has 0 bridgehead atoms. The molecule has 0 aliphatic heterocycles. The standard InChI is InChI=1S/C19H23BrN2O2/c1-2-4-15-7-9-18(10-8-15)24-14-22-19(23)21-12-11-16-5-3-6-17(20)13-16/h3,5-10,13H,2,4,11-12,14H2,1H3,(H2,21,22,23). The first-order valence-electron chi connectivity index (χ1n) is 8.15. The number of benzene rings is 2. The average molecular weight is 391 g/mol. The van der Waals surface area contributed by atoms with Gasteiger partial charge in [-0.25, -0.2) is 4.79 Å². The highest BCUT2D eigenvalue weighted by molar-refractivity contribution is 9.10. The van der Waals surface area contributed by atoms with E-state index >= 15 is 0 Å². The van der Waals surface area contributed by atoms with Crippen molar-refractivity contribution >= 4 is 22.0 Å². The van der Waals surface area contributed by atoms with E-state index in [0.717, 1.165) is 29.5 Å². The number of carbonyl (C=O) groups excluding carboxylic acids is 1. The van der Waals surface area contributed by atoms with Crippen LogP contribution in [0.15, 0.2) is 53.0 Å². The molecule has 2 N–H and O–H groups in total. The third-order valence-corrected chi connectivity index (χ3v) is 4.02. The van der Waals surface area contributed by atoms with Gasteiger partial charge in [-0.2, -0.15) is 0 Å². The van der Waals surface area contributed by atoms with E-state index in [-0.39, 0.29) is 12.8 Å². The molecule has 4 nitrogen and oxygen atoms in total. The first-order chi connectivity index (χ1) is 11.7.